The van der Waals surface area contributed by atoms with Crippen molar-refractivity contribution < 1.29 is 9.50 Å². The number of aliphatic hydroxyl groups is 1. The highest BCUT2D eigenvalue weighted by Crippen LogP contribution is 2.29. The van der Waals surface area contributed by atoms with Crippen LogP contribution in [0.1, 0.15) is 39.7 Å². The van der Waals surface area contributed by atoms with Gasteiger partial charge in [0, 0.05) is 0 Å². The lowest BCUT2D eigenvalue weighted by Gasteiger charge is -2.29. The summed E-state index contributed by atoms with van der Waals surface area (Å²) in [6.45, 7) is 8.61. The minimum Gasteiger partial charge on any atom is -0.393 e. The Morgan fingerprint density at radius 3 is 2.44 bits per heavy atom. The fourth-order valence-corrected chi connectivity index (χ4v) is 1.90. The largest absolute Gasteiger partial charge is 0.393 e. The van der Waals surface area contributed by atoms with Gasteiger partial charge in [-0.15, -0.1) is 0 Å². The average molecular weight is 273 g/mol. The van der Waals surface area contributed by atoms with Crippen molar-refractivity contribution >= 4 is 11.6 Å². The van der Waals surface area contributed by atoms with Crippen LogP contribution >= 0.6 is 11.6 Å². The molecule has 0 aliphatic carbocycles. The van der Waals surface area contributed by atoms with Crippen molar-refractivity contribution in [2.24, 2.45) is 11.3 Å². The van der Waals surface area contributed by atoms with Crippen molar-refractivity contribution in [3.05, 3.63) is 34.6 Å². The molecule has 1 rings (SSSR count). The van der Waals surface area contributed by atoms with Gasteiger partial charge in [-0.1, -0.05) is 45.4 Å². The third kappa shape index (κ3) is 4.58. The normalized spacial score (nSPS) is 15.5. The molecule has 0 bridgehead atoms. The Labute approximate surface area is 114 Å². The minimum atomic E-state index is -0.445. The van der Waals surface area contributed by atoms with E-state index in [9.17, 15) is 9.50 Å². The molecule has 1 N–H and O–H groups in total. The lowest BCUT2D eigenvalue weighted by Crippen LogP contribution is -2.24. The third-order valence-electron chi connectivity index (χ3n) is 3.56. The highest BCUT2D eigenvalue weighted by molar-refractivity contribution is 6.30. The van der Waals surface area contributed by atoms with Gasteiger partial charge in [0.25, 0.3) is 0 Å². The van der Waals surface area contributed by atoms with Crippen LogP contribution in [0.4, 0.5) is 4.39 Å². The molecule has 0 aliphatic heterocycles. The maximum absolute atomic E-state index is 13.3. The fraction of sp³-hybridized carbons (Fsp3) is 0.600. The number of aliphatic hydroxyl groups excluding tert-OH is 1. The van der Waals surface area contributed by atoms with Gasteiger partial charge in [0.15, 0.2) is 0 Å². The lowest BCUT2D eigenvalue weighted by atomic mass is 9.78. The molecule has 1 aromatic rings. The first-order valence-electron chi connectivity index (χ1n) is 6.32. The Balaban J connectivity index is 2.59. The van der Waals surface area contributed by atoms with Gasteiger partial charge in [-0.2, -0.15) is 0 Å². The van der Waals surface area contributed by atoms with Gasteiger partial charge in [0.1, 0.15) is 5.82 Å². The standard InChI is InChI=1S/C15H22ClFO/c1-10(15(2,3)4)7-12(18)8-11-5-6-13(16)14(17)9-11/h5-6,9-10,12,18H,7-8H2,1-4H3. The summed E-state index contributed by atoms with van der Waals surface area (Å²) in [6, 6.07) is 4.69. The van der Waals surface area contributed by atoms with Crippen LogP contribution in [-0.2, 0) is 6.42 Å². The van der Waals surface area contributed by atoms with Gasteiger partial charge in [0.2, 0.25) is 0 Å². The molecule has 0 radical (unpaired) electrons. The summed E-state index contributed by atoms with van der Waals surface area (Å²) in [5, 5.41) is 10.2. The number of halogens is 2. The zero-order valence-electron chi connectivity index (χ0n) is 11.5. The van der Waals surface area contributed by atoms with Crippen LogP contribution in [0.5, 0.6) is 0 Å². The molecule has 102 valence electrons. The molecule has 18 heavy (non-hydrogen) atoms. The second kappa shape index (κ2) is 6.03. The fourth-order valence-electron chi connectivity index (χ4n) is 1.78. The first-order valence-corrected chi connectivity index (χ1v) is 6.70. The Morgan fingerprint density at radius 1 is 1.33 bits per heavy atom. The predicted octanol–water partition coefficient (Wildman–Crippen LogP) is 4.45. The molecule has 0 aromatic heterocycles. The number of hydrogen-bond acceptors (Lipinski definition) is 1. The summed E-state index contributed by atoms with van der Waals surface area (Å²) >= 11 is 5.62. The summed E-state index contributed by atoms with van der Waals surface area (Å²) in [5.41, 5.74) is 0.956. The van der Waals surface area contributed by atoms with Crippen molar-refractivity contribution in [3.63, 3.8) is 0 Å². The first-order chi connectivity index (χ1) is 8.20. The molecule has 0 aliphatic rings. The van der Waals surface area contributed by atoms with Crippen LogP contribution in [0.2, 0.25) is 5.02 Å². The topological polar surface area (TPSA) is 20.2 Å². The van der Waals surface area contributed by atoms with Gasteiger partial charge in [0.05, 0.1) is 11.1 Å². The van der Waals surface area contributed by atoms with E-state index in [1.165, 1.54) is 12.1 Å². The summed E-state index contributed by atoms with van der Waals surface area (Å²) in [7, 11) is 0. The monoisotopic (exact) mass is 272 g/mol. The third-order valence-corrected chi connectivity index (χ3v) is 3.87. The van der Waals surface area contributed by atoms with Crippen LogP contribution < -0.4 is 0 Å². The molecule has 2 atom stereocenters. The van der Waals surface area contributed by atoms with Gasteiger partial charge < -0.3 is 5.11 Å². The predicted molar refractivity (Wildman–Crippen MR) is 74.4 cm³/mol. The molecule has 0 heterocycles. The second-order valence-electron chi connectivity index (χ2n) is 6.11. The summed E-state index contributed by atoms with van der Waals surface area (Å²) < 4.78 is 13.3. The van der Waals surface area contributed by atoms with E-state index in [4.69, 9.17) is 11.6 Å². The summed E-state index contributed by atoms with van der Waals surface area (Å²) in [5.74, 6) is -0.0186. The Morgan fingerprint density at radius 2 is 1.94 bits per heavy atom. The van der Waals surface area contributed by atoms with Crippen LogP contribution in [0.3, 0.4) is 0 Å². The highest BCUT2D eigenvalue weighted by Gasteiger charge is 2.22. The van der Waals surface area contributed by atoms with Crippen molar-refractivity contribution in [2.45, 2.75) is 46.6 Å². The van der Waals surface area contributed by atoms with Crippen LogP contribution in [-0.4, -0.2) is 11.2 Å². The molecular weight excluding hydrogens is 251 g/mol. The molecule has 0 fully saturated rings. The van der Waals surface area contributed by atoms with E-state index in [2.05, 4.69) is 27.7 Å². The van der Waals surface area contributed by atoms with E-state index in [-0.39, 0.29) is 10.4 Å². The van der Waals surface area contributed by atoms with Crippen molar-refractivity contribution in [1.82, 2.24) is 0 Å². The van der Waals surface area contributed by atoms with Crippen LogP contribution in [0, 0.1) is 17.2 Å². The van der Waals surface area contributed by atoms with Crippen LogP contribution in [0.25, 0.3) is 0 Å². The van der Waals surface area contributed by atoms with E-state index in [1.807, 2.05) is 0 Å². The second-order valence-corrected chi connectivity index (χ2v) is 6.52. The van der Waals surface area contributed by atoms with E-state index in [1.54, 1.807) is 6.07 Å². The smallest absolute Gasteiger partial charge is 0.142 e. The van der Waals surface area contributed by atoms with E-state index < -0.39 is 11.9 Å². The number of rotatable bonds is 4. The average Bonchev–Trinajstić information content (AvgIpc) is 2.22. The van der Waals surface area contributed by atoms with Crippen LogP contribution in [0.15, 0.2) is 18.2 Å². The summed E-state index contributed by atoms with van der Waals surface area (Å²) in [6.07, 6.45) is 0.738. The lowest BCUT2D eigenvalue weighted by molar-refractivity contribution is 0.110. The molecule has 0 saturated heterocycles. The van der Waals surface area contributed by atoms with Gasteiger partial charge >= 0.3 is 0 Å². The number of benzene rings is 1. The quantitative estimate of drug-likeness (QED) is 0.858. The summed E-state index contributed by atoms with van der Waals surface area (Å²) in [4.78, 5) is 0. The molecule has 0 saturated carbocycles. The van der Waals surface area contributed by atoms with E-state index in [0.29, 0.717) is 18.8 Å². The van der Waals surface area contributed by atoms with Gasteiger partial charge in [-0.05, 0) is 41.9 Å². The SMILES string of the molecule is CC(CC(O)Cc1ccc(Cl)c(F)c1)C(C)(C)C. The molecule has 2 unspecified atom stereocenters. The molecule has 0 amide bonds. The Hall–Kier alpha value is -0.600. The highest BCUT2D eigenvalue weighted by atomic mass is 35.5. The van der Waals surface area contributed by atoms with Gasteiger partial charge in [-0.3, -0.25) is 0 Å². The zero-order chi connectivity index (χ0) is 13.9. The maximum atomic E-state index is 13.3. The molecule has 0 spiro atoms. The minimum absolute atomic E-state index is 0.122. The Bertz CT molecular complexity index is 398. The molecule has 1 nitrogen and oxygen atoms in total. The molecule has 3 heteroatoms. The molecule has 1 aromatic carbocycles. The Kier molecular flexibility index (Phi) is 5.18. The molecular formula is C15H22ClFO. The van der Waals surface area contributed by atoms with E-state index in [0.717, 1.165) is 5.56 Å². The number of hydrogen-bond donors (Lipinski definition) is 1. The van der Waals surface area contributed by atoms with Crippen molar-refractivity contribution in [3.8, 4) is 0 Å². The maximum Gasteiger partial charge on any atom is 0.142 e. The van der Waals surface area contributed by atoms with Crippen molar-refractivity contribution in [1.29, 1.82) is 0 Å². The van der Waals surface area contributed by atoms with Gasteiger partial charge in [-0.25, -0.2) is 4.39 Å². The van der Waals surface area contributed by atoms with E-state index >= 15 is 0 Å². The van der Waals surface area contributed by atoms with Crippen molar-refractivity contribution in [2.75, 3.05) is 0 Å². The zero-order valence-corrected chi connectivity index (χ0v) is 12.3. The first kappa shape index (κ1) is 15.5.